The third kappa shape index (κ3) is 2.76. The van der Waals surface area contributed by atoms with Gasteiger partial charge in [-0.05, 0) is 36.0 Å². The van der Waals surface area contributed by atoms with Crippen LogP contribution in [0.2, 0.25) is 10.0 Å². The van der Waals surface area contributed by atoms with Gasteiger partial charge in [0.05, 0.1) is 10.0 Å². The highest BCUT2D eigenvalue weighted by molar-refractivity contribution is 6.42. The SMILES string of the molecule is CC1CCCC1C(NN)c1ccc(Cl)c(Cl)c1. The second-order valence-corrected chi connectivity index (χ2v) is 5.70. The van der Waals surface area contributed by atoms with Gasteiger partial charge >= 0.3 is 0 Å². The lowest BCUT2D eigenvalue weighted by Gasteiger charge is -2.27. The van der Waals surface area contributed by atoms with Crippen LogP contribution < -0.4 is 11.3 Å². The van der Waals surface area contributed by atoms with Crippen LogP contribution in [0.25, 0.3) is 0 Å². The highest BCUT2D eigenvalue weighted by atomic mass is 35.5. The van der Waals surface area contributed by atoms with Gasteiger partial charge in [-0.1, -0.05) is 49.0 Å². The van der Waals surface area contributed by atoms with Gasteiger partial charge in [-0.3, -0.25) is 11.3 Å². The molecule has 0 saturated heterocycles. The van der Waals surface area contributed by atoms with Crippen molar-refractivity contribution in [1.82, 2.24) is 5.43 Å². The van der Waals surface area contributed by atoms with Crippen molar-refractivity contribution in [3.8, 4) is 0 Å². The molecule has 3 unspecified atom stereocenters. The number of rotatable bonds is 3. The Labute approximate surface area is 112 Å². The Morgan fingerprint density at radius 1 is 1.29 bits per heavy atom. The van der Waals surface area contributed by atoms with E-state index in [2.05, 4.69) is 12.3 Å². The summed E-state index contributed by atoms with van der Waals surface area (Å²) >= 11 is 12.0. The molecule has 0 aliphatic heterocycles. The van der Waals surface area contributed by atoms with Crippen molar-refractivity contribution in [2.45, 2.75) is 32.2 Å². The summed E-state index contributed by atoms with van der Waals surface area (Å²) in [7, 11) is 0. The van der Waals surface area contributed by atoms with E-state index in [1.165, 1.54) is 19.3 Å². The number of nitrogens with two attached hydrogens (primary N) is 1. The molecule has 1 aliphatic rings. The number of hydrogen-bond acceptors (Lipinski definition) is 2. The van der Waals surface area contributed by atoms with Gasteiger partial charge in [-0.15, -0.1) is 0 Å². The summed E-state index contributed by atoms with van der Waals surface area (Å²) in [6, 6.07) is 5.93. The van der Waals surface area contributed by atoms with Crippen LogP contribution in [0.15, 0.2) is 18.2 Å². The number of nitrogens with one attached hydrogen (secondary N) is 1. The lowest BCUT2D eigenvalue weighted by Crippen LogP contribution is -2.34. The van der Waals surface area contributed by atoms with Gasteiger partial charge in [0.1, 0.15) is 0 Å². The first-order chi connectivity index (χ1) is 8.13. The summed E-state index contributed by atoms with van der Waals surface area (Å²) in [6.07, 6.45) is 3.78. The molecule has 1 aromatic carbocycles. The Kier molecular flexibility index (Phi) is 4.31. The fraction of sp³-hybridized carbons (Fsp3) is 0.538. The van der Waals surface area contributed by atoms with E-state index in [9.17, 15) is 0 Å². The number of hydrogen-bond donors (Lipinski definition) is 2. The average Bonchev–Trinajstić information content (AvgIpc) is 2.71. The van der Waals surface area contributed by atoms with Crippen LogP contribution in [0.3, 0.4) is 0 Å². The molecular weight excluding hydrogens is 255 g/mol. The molecule has 2 nitrogen and oxygen atoms in total. The zero-order valence-corrected chi connectivity index (χ0v) is 11.4. The second kappa shape index (κ2) is 5.57. The molecule has 1 aliphatic carbocycles. The standard InChI is InChI=1S/C13H18Cl2N2/c1-8-3-2-4-10(8)13(17-16)9-5-6-11(14)12(15)7-9/h5-8,10,13,17H,2-4,16H2,1H3. The Morgan fingerprint density at radius 2 is 2.06 bits per heavy atom. The smallest absolute Gasteiger partial charge is 0.0595 e. The summed E-state index contributed by atoms with van der Waals surface area (Å²) in [5, 5.41) is 1.18. The Hall–Kier alpha value is -0.280. The van der Waals surface area contributed by atoms with E-state index in [0.717, 1.165) is 5.56 Å². The molecule has 3 atom stereocenters. The minimum Gasteiger partial charge on any atom is -0.271 e. The summed E-state index contributed by atoms with van der Waals surface area (Å²) in [5.41, 5.74) is 4.06. The summed E-state index contributed by atoms with van der Waals surface area (Å²) in [4.78, 5) is 0. The lowest BCUT2D eigenvalue weighted by atomic mass is 9.86. The van der Waals surface area contributed by atoms with E-state index in [1.54, 1.807) is 0 Å². The van der Waals surface area contributed by atoms with Gasteiger partial charge in [0.25, 0.3) is 0 Å². The normalized spacial score (nSPS) is 26.1. The molecule has 17 heavy (non-hydrogen) atoms. The molecule has 0 heterocycles. The minimum atomic E-state index is 0.169. The highest BCUT2D eigenvalue weighted by Gasteiger charge is 2.31. The number of benzene rings is 1. The zero-order valence-electron chi connectivity index (χ0n) is 9.92. The van der Waals surface area contributed by atoms with Crippen LogP contribution in [0.1, 0.15) is 37.8 Å². The molecule has 1 saturated carbocycles. The Morgan fingerprint density at radius 3 is 2.59 bits per heavy atom. The lowest BCUT2D eigenvalue weighted by molar-refractivity contribution is 0.304. The Bertz CT molecular complexity index is 395. The van der Waals surface area contributed by atoms with Crippen LogP contribution in [-0.2, 0) is 0 Å². The van der Waals surface area contributed by atoms with E-state index in [-0.39, 0.29) is 6.04 Å². The van der Waals surface area contributed by atoms with Crippen LogP contribution in [0, 0.1) is 11.8 Å². The topological polar surface area (TPSA) is 38.0 Å². The molecule has 0 bridgehead atoms. The van der Waals surface area contributed by atoms with E-state index in [0.29, 0.717) is 21.9 Å². The van der Waals surface area contributed by atoms with Gasteiger partial charge in [-0.2, -0.15) is 0 Å². The van der Waals surface area contributed by atoms with Gasteiger partial charge in [-0.25, -0.2) is 0 Å². The van der Waals surface area contributed by atoms with Crippen molar-refractivity contribution in [1.29, 1.82) is 0 Å². The third-order valence-corrected chi connectivity index (χ3v) is 4.58. The van der Waals surface area contributed by atoms with Crippen LogP contribution in [0.5, 0.6) is 0 Å². The maximum absolute atomic E-state index is 6.06. The first-order valence-electron chi connectivity index (χ1n) is 6.04. The molecule has 4 heteroatoms. The largest absolute Gasteiger partial charge is 0.271 e. The van der Waals surface area contributed by atoms with Crippen molar-refractivity contribution < 1.29 is 0 Å². The van der Waals surface area contributed by atoms with Crippen molar-refractivity contribution in [3.63, 3.8) is 0 Å². The monoisotopic (exact) mass is 272 g/mol. The third-order valence-electron chi connectivity index (χ3n) is 3.84. The van der Waals surface area contributed by atoms with Gasteiger partial charge in [0.2, 0.25) is 0 Å². The van der Waals surface area contributed by atoms with Gasteiger partial charge < -0.3 is 0 Å². The first-order valence-corrected chi connectivity index (χ1v) is 6.80. The summed E-state index contributed by atoms with van der Waals surface area (Å²) in [5.74, 6) is 6.99. The van der Waals surface area contributed by atoms with E-state index < -0.39 is 0 Å². The number of hydrazine groups is 1. The molecule has 94 valence electrons. The quantitative estimate of drug-likeness (QED) is 0.646. The first kappa shape index (κ1) is 13.2. The zero-order chi connectivity index (χ0) is 12.4. The molecule has 0 amide bonds. The van der Waals surface area contributed by atoms with Gasteiger partial charge in [0.15, 0.2) is 0 Å². The predicted molar refractivity (Wildman–Crippen MR) is 73.0 cm³/mol. The van der Waals surface area contributed by atoms with E-state index in [4.69, 9.17) is 29.0 Å². The molecule has 0 spiro atoms. The summed E-state index contributed by atoms with van der Waals surface area (Å²) in [6.45, 7) is 2.29. The van der Waals surface area contributed by atoms with Gasteiger partial charge in [0, 0.05) is 6.04 Å². The molecule has 2 rings (SSSR count). The van der Waals surface area contributed by atoms with Crippen LogP contribution in [0.4, 0.5) is 0 Å². The van der Waals surface area contributed by atoms with Crippen molar-refractivity contribution >= 4 is 23.2 Å². The maximum atomic E-state index is 6.06. The summed E-state index contributed by atoms with van der Waals surface area (Å²) < 4.78 is 0. The van der Waals surface area contributed by atoms with E-state index in [1.807, 2.05) is 18.2 Å². The number of halogens is 2. The second-order valence-electron chi connectivity index (χ2n) is 4.89. The Balaban J connectivity index is 2.25. The molecule has 0 radical (unpaired) electrons. The van der Waals surface area contributed by atoms with Crippen molar-refractivity contribution in [2.75, 3.05) is 0 Å². The fourth-order valence-electron chi connectivity index (χ4n) is 2.84. The molecule has 1 aromatic rings. The molecule has 0 aromatic heterocycles. The molecular formula is C13H18Cl2N2. The molecule has 3 N–H and O–H groups in total. The van der Waals surface area contributed by atoms with Crippen molar-refractivity contribution in [3.05, 3.63) is 33.8 Å². The maximum Gasteiger partial charge on any atom is 0.0595 e. The van der Waals surface area contributed by atoms with Crippen molar-refractivity contribution in [2.24, 2.45) is 17.7 Å². The fourth-order valence-corrected chi connectivity index (χ4v) is 3.15. The van der Waals surface area contributed by atoms with E-state index >= 15 is 0 Å². The highest BCUT2D eigenvalue weighted by Crippen LogP contribution is 2.40. The molecule has 1 fully saturated rings. The van der Waals surface area contributed by atoms with Crippen LogP contribution in [-0.4, -0.2) is 0 Å². The average molecular weight is 273 g/mol. The predicted octanol–water partition coefficient (Wildman–Crippen LogP) is 3.93. The van der Waals surface area contributed by atoms with Crippen LogP contribution >= 0.6 is 23.2 Å². The minimum absolute atomic E-state index is 0.169.